The number of aliphatic carboxylic acids is 1. The van der Waals surface area contributed by atoms with Crippen LogP contribution in [-0.2, 0) is 17.8 Å². The molecule has 0 saturated carbocycles. The van der Waals surface area contributed by atoms with Gasteiger partial charge in [-0.2, -0.15) is 0 Å². The number of hydrogen-bond donors (Lipinski definition) is 1. The molecule has 1 N–H and O–H groups in total. The number of carboxylic acids is 1. The van der Waals surface area contributed by atoms with Crippen LogP contribution < -0.4 is 9.47 Å². The molecule has 5 heteroatoms. The van der Waals surface area contributed by atoms with E-state index in [1.807, 2.05) is 32.0 Å². The van der Waals surface area contributed by atoms with Crippen molar-refractivity contribution in [2.45, 2.75) is 33.3 Å². The van der Waals surface area contributed by atoms with Gasteiger partial charge in [0.1, 0.15) is 12.4 Å². The third-order valence-electron chi connectivity index (χ3n) is 3.57. The van der Waals surface area contributed by atoms with Crippen molar-refractivity contribution in [2.24, 2.45) is 0 Å². The molecule has 0 aromatic heterocycles. The Balaban J connectivity index is 2.01. The molecular weight excluding hydrogens is 311 g/mol. The van der Waals surface area contributed by atoms with Gasteiger partial charge in [-0.15, -0.1) is 0 Å². The Bertz CT molecular complexity index is 713. The van der Waals surface area contributed by atoms with Gasteiger partial charge in [-0.1, -0.05) is 18.2 Å². The fourth-order valence-electron chi connectivity index (χ4n) is 2.27. The first kappa shape index (κ1) is 17.8. The number of hydrogen-bond acceptors (Lipinski definition) is 3. The van der Waals surface area contributed by atoms with Crippen LogP contribution in [0.4, 0.5) is 4.39 Å². The Morgan fingerprint density at radius 1 is 1.08 bits per heavy atom. The summed E-state index contributed by atoms with van der Waals surface area (Å²) < 4.78 is 25.1. The van der Waals surface area contributed by atoms with Crippen LogP contribution in [0.15, 0.2) is 36.4 Å². The van der Waals surface area contributed by atoms with Crippen molar-refractivity contribution in [2.75, 3.05) is 6.61 Å². The molecule has 2 aromatic rings. The zero-order valence-corrected chi connectivity index (χ0v) is 13.8. The zero-order valence-electron chi connectivity index (χ0n) is 13.8. The third kappa shape index (κ3) is 4.98. The Hall–Kier alpha value is -2.56. The van der Waals surface area contributed by atoms with Crippen molar-refractivity contribution in [3.05, 3.63) is 58.9 Å². The van der Waals surface area contributed by atoms with Crippen LogP contribution in [0.3, 0.4) is 0 Å². The number of halogens is 1. The van der Waals surface area contributed by atoms with Gasteiger partial charge in [-0.05, 0) is 55.2 Å². The molecule has 4 nitrogen and oxygen atoms in total. The van der Waals surface area contributed by atoms with Crippen LogP contribution in [-0.4, -0.2) is 17.7 Å². The Labute approximate surface area is 140 Å². The molecule has 0 aliphatic rings. The van der Waals surface area contributed by atoms with Gasteiger partial charge in [0, 0.05) is 6.42 Å². The van der Waals surface area contributed by atoms with Crippen molar-refractivity contribution in [1.29, 1.82) is 0 Å². The first-order chi connectivity index (χ1) is 11.5. The van der Waals surface area contributed by atoms with Gasteiger partial charge in [0.25, 0.3) is 0 Å². The average Bonchev–Trinajstić information content (AvgIpc) is 2.55. The molecule has 24 heavy (non-hydrogen) atoms. The molecule has 0 unspecified atom stereocenters. The lowest BCUT2D eigenvalue weighted by atomic mass is 10.1. The monoisotopic (exact) mass is 332 g/mol. The second-order valence-electron chi connectivity index (χ2n) is 5.48. The molecule has 128 valence electrons. The standard InChI is InChI=1S/C19H21FO4/c1-3-23-18-11-15(5-4-13(18)2)12-24-17-8-6-14(10-16(17)20)7-9-19(21)22/h4-6,8,10-11H,3,7,9,12H2,1-2H3,(H,21,22). The largest absolute Gasteiger partial charge is 0.494 e. The van der Waals surface area contributed by atoms with E-state index in [0.29, 0.717) is 18.6 Å². The van der Waals surface area contributed by atoms with E-state index in [4.69, 9.17) is 14.6 Å². The summed E-state index contributed by atoms with van der Waals surface area (Å²) in [7, 11) is 0. The van der Waals surface area contributed by atoms with Crippen LogP contribution in [0.2, 0.25) is 0 Å². The Morgan fingerprint density at radius 2 is 1.83 bits per heavy atom. The number of ether oxygens (including phenoxy) is 2. The minimum Gasteiger partial charge on any atom is -0.494 e. The molecule has 0 aliphatic carbocycles. The van der Waals surface area contributed by atoms with E-state index in [1.165, 1.54) is 12.1 Å². The summed E-state index contributed by atoms with van der Waals surface area (Å²) >= 11 is 0. The summed E-state index contributed by atoms with van der Waals surface area (Å²) in [6, 6.07) is 10.3. The third-order valence-corrected chi connectivity index (χ3v) is 3.57. The molecule has 2 aromatic carbocycles. The van der Waals surface area contributed by atoms with Crippen LogP contribution in [0.5, 0.6) is 11.5 Å². The average molecular weight is 332 g/mol. The van der Waals surface area contributed by atoms with E-state index in [2.05, 4.69) is 0 Å². The maximum atomic E-state index is 14.0. The van der Waals surface area contributed by atoms with Gasteiger partial charge >= 0.3 is 5.97 Å². The van der Waals surface area contributed by atoms with E-state index in [1.54, 1.807) is 6.07 Å². The van der Waals surface area contributed by atoms with Gasteiger partial charge in [0.15, 0.2) is 11.6 Å². The molecular formula is C19H21FO4. The highest BCUT2D eigenvalue weighted by atomic mass is 19.1. The maximum absolute atomic E-state index is 14.0. The fourth-order valence-corrected chi connectivity index (χ4v) is 2.27. The molecule has 0 spiro atoms. The van der Waals surface area contributed by atoms with Crippen molar-refractivity contribution in [1.82, 2.24) is 0 Å². The van der Waals surface area contributed by atoms with E-state index in [0.717, 1.165) is 16.9 Å². The fraction of sp³-hybridized carbons (Fsp3) is 0.316. The highest BCUT2D eigenvalue weighted by molar-refractivity contribution is 5.67. The normalized spacial score (nSPS) is 10.5. The molecule has 0 heterocycles. The molecule has 0 saturated heterocycles. The first-order valence-electron chi connectivity index (χ1n) is 7.85. The summed E-state index contributed by atoms with van der Waals surface area (Å²) in [5.41, 5.74) is 2.56. The summed E-state index contributed by atoms with van der Waals surface area (Å²) in [4.78, 5) is 10.6. The quantitative estimate of drug-likeness (QED) is 0.790. The number of rotatable bonds is 8. The lowest BCUT2D eigenvalue weighted by Crippen LogP contribution is -2.01. The first-order valence-corrected chi connectivity index (χ1v) is 7.85. The minimum atomic E-state index is -0.903. The van der Waals surface area contributed by atoms with Gasteiger partial charge in [0.05, 0.1) is 6.61 Å². The molecule has 0 aliphatic heterocycles. The highest BCUT2D eigenvalue weighted by Crippen LogP contribution is 2.23. The number of aryl methyl sites for hydroxylation is 2. The molecule has 2 rings (SSSR count). The topological polar surface area (TPSA) is 55.8 Å². The number of carbonyl (C=O) groups is 1. The van der Waals surface area contributed by atoms with Crippen LogP contribution in [0.1, 0.15) is 30.0 Å². The van der Waals surface area contributed by atoms with E-state index >= 15 is 0 Å². The second kappa shape index (κ2) is 8.34. The van der Waals surface area contributed by atoms with E-state index < -0.39 is 11.8 Å². The predicted octanol–water partition coefficient (Wildman–Crippen LogP) is 4.13. The number of carboxylic acid groups (broad SMARTS) is 1. The Morgan fingerprint density at radius 3 is 2.50 bits per heavy atom. The summed E-state index contributed by atoms with van der Waals surface area (Å²) in [6.45, 7) is 4.69. The highest BCUT2D eigenvalue weighted by Gasteiger charge is 2.08. The summed E-state index contributed by atoms with van der Waals surface area (Å²) in [6.07, 6.45) is 0.269. The minimum absolute atomic E-state index is 0.0246. The van der Waals surface area contributed by atoms with Gasteiger partial charge in [0.2, 0.25) is 0 Å². The summed E-state index contributed by atoms with van der Waals surface area (Å²) in [5.74, 6) is -0.453. The van der Waals surface area contributed by atoms with Crippen LogP contribution in [0, 0.1) is 12.7 Å². The van der Waals surface area contributed by atoms with E-state index in [9.17, 15) is 9.18 Å². The molecule has 0 fully saturated rings. The lowest BCUT2D eigenvalue weighted by molar-refractivity contribution is -0.136. The SMILES string of the molecule is CCOc1cc(COc2ccc(CCC(=O)O)cc2F)ccc1C. The molecule has 0 amide bonds. The maximum Gasteiger partial charge on any atom is 0.303 e. The molecule has 0 atom stereocenters. The molecule has 0 bridgehead atoms. The van der Waals surface area contributed by atoms with Crippen LogP contribution >= 0.6 is 0 Å². The summed E-state index contributed by atoms with van der Waals surface area (Å²) in [5, 5.41) is 8.66. The smallest absolute Gasteiger partial charge is 0.303 e. The van der Waals surface area contributed by atoms with Crippen molar-refractivity contribution in [3.63, 3.8) is 0 Å². The van der Waals surface area contributed by atoms with Crippen LogP contribution in [0.25, 0.3) is 0 Å². The van der Waals surface area contributed by atoms with Gasteiger partial charge < -0.3 is 14.6 Å². The predicted molar refractivity (Wildman–Crippen MR) is 89.0 cm³/mol. The second-order valence-corrected chi connectivity index (χ2v) is 5.48. The van der Waals surface area contributed by atoms with Gasteiger partial charge in [-0.25, -0.2) is 4.39 Å². The Kier molecular flexibility index (Phi) is 6.18. The lowest BCUT2D eigenvalue weighted by Gasteiger charge is -2.11. The molecule has 0 radical (unpaired) electrons. The van der Waals surface area contributed by atoms with Crippen molar-refractivity contribution < 1.29 is 23.8 Å². The van der Waals surface area contributed by atoms with E-state index in [-0.39, 0.29) is 18.8 Å². The van der Waals surface area contributed by atoms with Crippen molar-refractivity contribution >= 4 is 5.97 Å². The zero-order chi connectivity index (χ0) is 17.5. The van der Waals surface area contributed by atoms with Crippen molar-refractivity contribution in [3.8, 4) is 11.5 Å². The van der Waals surface area contributed by atoms with Gasteiger partial charge in [-0.3, -0.25) is 4.79 Å². The number of benzene rings is 2.